The second kappa shape index (κ2) is 5.31. The summed E-state index contributed by atoms with van der Waals surface area (Å²) in [6.07, 6.45) is 3.98. The minimum atomic E-state index is 0.473. The Morgan fingerprint density at radius 2 is 2.07 bits per heavy atom. The molecular formula is C13H27NO. The lowest BCUT2D eigenvalue weighted by molar-refractivity contribution is 0.121. The molecule has 0 saturated heterocycles. The van der Waals surface area contributed by atoms with Crippen LogP contribution in [0.15, 0.2) is 0 Å². The average Bonchev–Trinajstić information content (AvgIpc) is 1.99. The lowest BCUT2D eigenvalue weighted by Crippen LogP contribution is -2.45. The summed E-state index contributed by atoms with van der Waals surface area (Å²) in [5.74, 6) is 0.848. The lowest BCUT2D eigenvalue weighted by Gasteiger charge is -2.40. The van der Waals surface area contributed by atoms with Crippen molar-refractivity contribution >= 4 is 0 Å². The predicted molar refractivity (Wildman–Crippen MR) is 65.1 cm³/mol. The van der Waals surface area contributed by atoms with Crippen molar-refractivity contribution in [3.05, 3.63) is 0 Å². The Morgan fingerprint density at radius 3 is 2.60 bits per heavy atom. The van der Waals surface area contributed by atoms with E-state index in [-0.39, 0.29) is 0 Å². The first-order valence-corrected chi connectivity index (χ1v) is 6.18. The van der Waals surface area contributed by atoms with Crippen LogP contribution in [0.5, 0.6) is 0 Å². The molecule has 0 radical (unpaired) electrons. The molecule has 0 spiro atoms. The fourth-order valence-electron chi connectivity index (χ4n) is 3.17. The van der Waals surface area contributed by atoms with Gasteiger partial charge in [0, 0.05) is 19.2 Å². The topological polar surface area (TPSA) is 21.3 Å². The van der Waals surface area contributed by atoms with E-state index in [2.05, 4.69) is 33.0 Å². The van der Waals surface area contributed by atoms with E-state index >= 15 is 0 Å². The highest BCUT2D eigenvalue weighted by Crippen LogP contribution is 2.38. The smallest absolute Gasteiger partial charge is 0.0613 e. The van der Waals surface area contributed by atoms with Crippen molar-refractivity contribution in [2.45, 2.75) is 59.0 Å². The molecule has 0 unspecified atom stereocenters. The predicted octanol–water partition coefficient (Wildman–Crippen LogP) is 2.83. The van der Waals surface area contributed by atoms with Crippen LogP contribution in [0.25, 0.3) is 0 Å². The third-order valence-corrected chi connectivity index (χ3v) is 3.32. The largest absolute Gasteiger partial charge is 0.383 e. The van der Waals surface area contributed by atoms with E-state index in [1.54, 1.807) is 7.11 Å². The normalized spacial score (nSPS) is 32.6. The zero-order chi connectivity index (χ0) is 11.5. The third kappa shape index (κ3) is 4.52. The van der Waals surface area contributed by atoms with E-state index in [4.69, 9.17) is 4.74 Å². The monoisotopic (exact) mass is 213 g/mol. The van der Waals surface area contributed by atoms with Crippen LogP contribution in [0.3, 0.4) is 0 Å². The van der Waals surface area contributed by atoms with E-state index in [1.165, 1.54) is 19.3 Å². The van der Waals surface area contributed by atoms with Gasteiger partial charge >= 0.3 is 0 Å². The van der Waals surface area contributed by atoms with Gasteiger partial charge in [-0.15, -0.1) is 0 Å². The van der Waals surface area contributed by atoms with Gasteiger partial charge in [-0.25, -0.2) is 0 Å². The van der Waals surface area contributed by atoms with Gasteiger partial charge in [0.2, 0.25) is 0 Å². The SMILES string of the molecule is COC[C@H](C)N[C@H]1C[C@H](C)CC(C)(C)C1. The molecule has 0 amide bonds. The molecule has 0 heterocycles. The Labute approximate surface area is 94.8 Å². The molecule has 0 aromatic rings. The van der Waals surface area contributed by atoms with Crippen LogP contribution < -0.4 is 5.32 Å². The van der Waals surface area contributed by atoms with E-state index in [0.717, 1.165) is 12.5 Å². The first-order chi connectivity index (χ1) is 6.93. The first-order valence-electron chi connectivity index (χ1n) is 6.18. The van der Waals surface area contributed by atoms with Crippen LogP contribution >= 0.6 is 0 Å². The second-order valence-electron chi connectivity index (χ2n) is 6.13. The minimum Gasteiger partial charge on any atom is -0.383 e. The third-order valence-electron chi connectivity index (χ3n) is 3.32. The zero-order valence-corrected chi connectivity index (χ0v) is 11.0. The van der Waals surface area contributed by atoms with Gasteiger partial charge in [0.25, 0.3) is 0 Å². The van der Waals surface area contributed by atoms with Crippen molar-refractivity contribution in [2.24, 2.45) is 11.3 Å². The molecule has 1 aliphatic rings. The summed E-state index contributed by atoms with van der Waals surface area (Å²) < 4.78 is 5.16. The van der Waals surface area contributed by atoms with Gasteiger partial charge in [0.1, 0.15) is 0 Å². The number of hydrogen-bond donors (Lipinski definition) is 1. The number of ether oxygens (including phenoxy) is 1. The number of methoxy groups -OCH3 is 1. The van der Waals surface area contributed by atoms with Crippen molar-refractivity contribution in [3.8, 4) is 0 Å². The molecule has 1 fully saturated rings. The van der Waals surface area contributed by atoms with Crippen molar-refractivity contribution in [1.82, 2.24) is 5.32 Å². The maximum atomic E-state index is 5.16. The highest BCUT2D eigenvalue weighted by Gasteiger charge is 2.32. The fraction of sp³-hybridized carbons (Fsp3) is 1.00. The molecule has 3 atom stereocenters. The molecule has 90 valence electrons. The van der Waals surface area contributed by atoms with E-state index in [1.807, 2.05) is 0 Å². The van der Waals surface area contributed by atoms with Gasteiger partial charge in [-0.1, -0.05) is 20.8 Å². The van der Waals surface area contributed by atoms with Crippen molar-refractivity contribution in [2.75, 3.05) is 13.7 Å². The fourth-order valence-corrected chi connectivity index (χ4v) is 3.17. The Balaban J connectivity index is 2.41. The molecule has 1 aliphatic carbocycles. The van der Waals surface area contributed by atoms with Crippen molar-refractivity contribution < 1.29 is 4.74 Å². The van der Waals surface area contributed by atoms with Crippen molar-refractivity contribution in [1.29, 1.82) is 0 Å². The standard InChI is InChI=1S/C13H27NO/c1-10-6-12(8-13(3,4)7-10)14-11(2)9-15-5/h10-12,14H,6-9H2,1-5H3/t10-,11-,12-/m0/s1. The number of nitrogens with one attached hydrogen (secondary N) is 1. The molecule has 0 aliphatic heterocycles. The van der Waals surface area contributed by atoms with Crippen LogP contribution in [0, 0.1) is 11.3 Å². The maximum Gasteiger partial charge on any atom is 0.0613 e. The van der Waals surface area contributed by atoms with Gasteiger partial charge in [-0.2, -0.15) is 0 Å². The minimum absolute atomic E-state index is 0.473. The van der Waals surface area contributed by atoms with E-state index < -0.39 is 0 Å². The molecule has 2 heteroatoms. The molecule has 1 rings (SSSR count). The number of hydrogen-bond acceptors (Lipinski definition) is 2. The highest BCUT2D eigenvalue weighted by molar-refractivity contribution is 4.87. The first kappa shape index (κ1) is 13.0. The van der Waals surface area contributed by atoms with Gasteiger partial charge in [-0.05, 0) is 37.5 Å². The maximum absolute atomic E-state index is 5.16. The summed E-state index contributed by atoms with van der Waals surface area (Å²) in [6, 6.07) is 1.15. The van der Waals surface area contributed by atoms with Crippen LogP contribution in [0.1, 0.15) is 47.0 Å². The van der Waals surface area contributed by atoms with Crippen LogP contribution in [0.2, 0.25) is 0 Å². The second-order valence-corrected chi connectivity index (χ2v) is 6.13. The Morgan fingerprint density at radius 1 is 1.40 bits per heavy atom. The zero-order valence-electron chi connectivity index (χ0n) is 11.0. The lowest BCUT2D eigenvalue weighted by atomic mass is 9.70. The van der Waals surface area contributed by atoms with Crippen molar-refractivity contribution in [3.63, 3.8) is 0 Å². The van der Waals surface area contributed by atoms with Gasteiger partial charge in [-0.3, -0.25) is 0 Å². The van der Waals surface area contributed by atoms with E-state index in [9.17, 15) is 0 Å². The average molecular weight is 213 g/mol. The Kier molecular flexibility index (Phi) is 4.60. The molecule has 1 N–H and O–H groups in total. The summed E-state index contributed by atoms with van der Waals surface area (Å²) in [5.41, 5.74) is 0.502. The molecule has 0 bridgehead atoms. The summed E-state index contributed by atoms with van der Waals surface area (Å²) >= 11 is 0. The molecule has 0 aromatic carbocycles. The van der Waals surface area contributed by atoms with E-state index in [0.29, 0.717) is 17.5 Å². The Bertz CT molecular complexity index is 191. The highest BCUT2D eigenvalue weighted by atomic mass is 16.5. The van der Waals surface area contributed by atoms with Gasteiger partial charge in [0.05, 0.1) is 6.61 Å². The van der Waals surface area contributed by atoms with Crippen LogP contribution in [0.4, 0.5) is 0 Å². The molecule has 2 nitrogen and oxygen atoms in total. The summed E-state index contributed by atoms with van der Waals surface area (Å²) in [4.78, 5) is 0. The quantitative estimate of drug-likeness (QED) is 0.775. The van der Waals surface area contributed by atoms with Gasteiger partial charge in [0.15, 0.2) is 0 Å². The molecular weight excluding hydrogens is 186 g/mol. The summed E-state index contributed by atoms with van der Waals surface area (Å²) in [6.45, 7) is 10.2. The van der Waals surface area contributed by atoms with Crippen LogP contribution in [-0.2, 0) is 4.74 Å². The van der Waals surface area contributed by atoms with Gasteiger partial charge < -0.3 is 10.1 Å². The molecule has 0 aromatic heterocycles. The number of rotatable bonds is 4. The summed E-state index contributed by atoms with van der Waals surface area (Å²) in [7, 11) is 1.77. The Hall–Kier alpha value is -0.0800. The van der Waals surface area contributed by atoms with Crippen LogP contribution in [-0.4, -0.2) is 25.8 Å². The molecule has 1 saturated carbocycles. The summed E-state index contributed by atoms with van der Waals surface area (Å²) in [5, 5.41) is 3.68. The molecule has 15 heavy (non-hydrogen) atoms.